The maximum atomic E-state index is 12.8. The first-order valence-corrected chi connectivity index (χ1v) is 10.4. The molecule has 0 fully saturated rings. The zero-order chi connectivity index (χ0) is 21.1. The molecule has 0 aromatic heterocycles. The molecule has 0 spiro atoms. The molecule has 0 saturated heterocycles. The van der Waals surface area contributed by atoms with Gasteiger partial charge in [-0.25, -0.2) is 0 Å². The van der Waals surface area contributed by atoms with Crippen LogP contribution in [0.3, 0.4) is 0 Å². The summed E-state index contributed by atoms with van der Waals surface area (Å²) in [6, 6.07) is 18.6. The lowest BCUT2D eigenvalue weighted by Crippen LogP contribution is -2.52. The van der Waals surface area contributed by atoms with E-state index in [1.165, 1.54) is 5.56 Å². The summed E-state index contributed by atoms with van der Waals surface area (Å²) in [7, 11) is 0. The fraction of sp³-hybridized carbons (Fsp3) is 0.417. The molecule has 2 atom stereocenters. The molecular formula is C24H33N3O2. The maximum Gasteiger partial charge on any atom is 0.242 e. The molecule has 0 aliphatic rings. The van der Waals surface area contributed by atoms with Crippen molar-refractivity contribution in [3.05, 3.63) is 71.8 Å². The molecule has 0 aliphatic carbocycles. The van der Waals surface area contributed by atoms with Gasteiger partial charge in [0.1, 0.15) is 6.04 Å². The number of nitrogens with one attached hydrogen (secondary N) is 2. The van der Waals surface area contributed by atoms with E-state index in [2.05, 4.69) is 22.8 Å². The van der Waals surface area contributed by atoms with E-state index in [1.807, 2.05) is 62.4 Å². The van der Waals surface area contributed by atoms with E-state index in [0.717, 1.165) is 18.4 Å². The zero-order valence-corrected chi connectivity index (χ0v) is 17.4. The summed E-state index contributed by atoms with van der Waals surface area (Å²) in [5.74, 6) is -0.138. The summed E-state index contributed by atoms with van der Waals surface area (Å²) in [5.41, 5.74) is 8.24. The molecule has 2 amide bonds. The number of aryl methyl sites for hydroxylation is 1. The van der Waals surface area contributed by atoms with Gasteiger partial charge in [0.2, 0.25) is 11.8 Å². The standard InChI is InChI=1S/C24H33N3O2/c1-18(2)16-21(25)23(28)27-22(17-20-12-7-4-8-13-20)24(29)26-15-9-14-19-10-5-3-6-11-19/h3-8,10-13,18,21-22H,9,14-17,25H2,1-2H3,(H,26,29)(H,27,28)/t21-,22+/m1/s1. The molecule has 5 heteroatoms. The van der Waals surface area contributed by atoms with Crippen LogP contribution in [0.5, 0.6) is 0 Å². The Morgan fingerprint density at radius 2 is 1.48 bits per heavy atom. The number of hydrogen-bond donors (Lipinski definition) is 3. The predicted molar refractivity (Wildman–Crippen MR) is 117 cm³/mol. The highest BCUT2D eigenvalue weighted by molar-refractivity contribution is 5.89. The van der Waals surface area contributed by atoms with Gasteiger partial charge in [-0.15, -0.1) is 0 Å². The van der Waals surface area contributed by atoms with Gasteiger partial charge in [-0.1, -0.05) is 74.5 Å². The first-order chi connectivity index (χ1) is 14.0. The van der Waals surface area contributed by atoms with Gasteiger partial charge in [-0.2, -0.15) is 0 Å². The predicted octanol–water partition coefficient (Wildman–Crippen LogP) is 2.84. The number of nitrogens with two attached hydrogens (primary N) is 1. The Kier molecular flexibility index (Phi) is 9.38. The van der Waals surface area contributed by atoms with Crippen LogP contribution in [0, 0.1) is 5.92 Å². The first kappa shape index (κ1) is 22.6. The molecule has 2 aromatic rings. The minimum absolute atomic E-state index is 0.174. The van der Waals surface area contributed by atoms with E-state index in [4.69, 9.17) is 5.73 Å². The molecular weight excluding hydrogens is 362 g/mol. The van der Waals surface area contributed by atoms with Gasteiger partial charge in [-0.05, 0) is 36.3 Å². The van der Waals surface area contributed by atoms with Gasteiger partial charge in [-0.3, -0.25) is 9.59 Å². The Morgan fingerprint density at radius 3 is 2.07 bits per heavy atom. The van der Waals surface area contributed by atoms with E-state index in [-0.39, 0.29) is 11.8 Å². The molecule has 0 radical (unpaired) electrons. The van der Waals surface area contributed by atoms with Crippen LogP contribution in [-0.4, -0.2) is 30.4 Å². The minimum Gasteiger partial charge on any atom is -0.354 e. The van der Waals surface area contributed by atoms with Crippen molar-refractivity contribution < 1.29 is 9.59 Å². The summed E-state index contributed by atoms with van der Waals surface area (Å²) >= 11 is 0. The second-order valence-electron chi connectivity index (χ2n) is 7.87. The Balaban J connectivity index is 1.92. The number of hydrogen-bond acceptors (Lipinski definition) is 3. The van der Waals surface area contributed by atoms with Crippen molar-refractivity contribution in [3.63, 3.8) is 0 Å². The van der Waals surface area contributed by atoms with E-state index in [9.17, 15) is 9.59 Å². The molecule has 0 heterocycles. The third-order valence-corrected chi connectivity index (χ3v) is 4.76. The highest BCUT2D eigenvalue weighted by Crippen LogP contribution is 2.07. The van der Waals surface area contributed by atoms with Crippen molar-refractivity contribution >= 4 is 11.8 Å². The number of carbonyl (C=O) groups is 2. The molecule has 0 aliphatic heterocycles. The Labute approximate surface area is 174 Å². The topological polar surface area (TPSA) is 84.2 Å². The SMILES string of the molecule is CC(C)C[C@@H](N)C(=O)N[C@@H](Cc1ccccc1)C(=O)NCCCc1ccccc1. The minimum atomic E-state index is -0.639. The Hall–Kier alpha value is -2.66. The van der Waals surface area contributed by atoms with Crippen LogP contribution in [0.25, 0.3) is 0 Å². The largest absolute Gasteiger partial charge is 0.354 e. The number of amides is 2. The summed E-state index contributed by atoms with van der Waals surface area (Å²) in [4.78, 5) is 25.3. The van der Waals surface area contributed by atoms with Gasteiger partial charge in [0.25, 0.3) is 0 Å². The highest BCUT2D eigenvalue weighted by atomic mass is 16.2. The van der Waals surface area contributed by atoms with Crippen molar-refractivity contribution in [2.45, 2.75) is 51.6 Å². The van der Waals surface area contributed by atoms with Crippen molar-refractivity contribution in [1.29, 1.82) is 0 Å². The molecule has 0 bridgehead atoms. The van der Waals surface area contributed by atoms with Crippen LogP contribution in [0.4, 0.5) is 0 Å². The summed E-state index contributed by atoms with van der Waals surface area (Å²) in [6.07, 6.45) is 2.76. The van der Waals surface area contributed by atoms with E-state index in [1.54, 1.807) is 0 Å². The molecule has 5 nitrogen and oxygen atoms in total. The summed E-state index contributed by atoms with van der Waals surface area (Å²) < 4.78 is 0. The fourth-order valence-corrected chi connectivity index (χ4v) is 3.22. The first-order valence-electron chi connectivity index (χ1n) is 10.4. The van der Waals surface area contributed by atoms with Crippen LogP contribution in [0.1, 0.15) is 37.8 Å². The number of benzene rings is 2. The van der Waals surface area contributed by atoms with Crippen molar-refractivity contribution in [3.8, 4) is 0 Å². The second-order valence-corrected chi connectivity index (χ2v) is 7.87. The lowest BCUT2D eigenvalue weighted by Gasteiger charge is -2.21. The van der Waals surface area contributed by atoms with Gasteiger partial charge in [0.15, 0.2) is 0 Å². The van der Waals surface area contributed by atoms with E-state index in [0.29, 0.717) is 25.3 Å². The third kappa shape index (κ3) is 8.48. The average molecular weight is 396 g/mol. The normalized spacial score (nSPS) is 13.0. The quantitative estimate of drug-likeness (QED) is 0.512. The van der Waals surface area contributed by atoms with Crippen LogP contribution < -0.4 is 16.4 Å². The van der Waals surface area contributed by atoms with Crippen molar-refractivity contribution in [1.82, 2.24) is 10.6 Å². The summed E-state index contributed by atoms with van der Waals surface area (Å²) in [5, 5.41) is 5.82. The molecule has 0 saturated carbocycles. The Bertz CT molecular complexity index is 747. The molecule has 29 heavy (non-hydrogen) atoms. The van der Waals surface area contributed by atoms with Crippen LogP contribution in [-0.2, 0) is 22.4 Å². The van der Waals surface area contributed by atoms with Crippen LogP contribution in [0.15, 0.2) is 60.7 Å². The highest BCUT2D eigenvalue weighted by Gasteiger charge is 2.24. The monoisotopic (exact) mass is 395 g/mol. The summed E-state index contributed by atoms with van der Waals surface area (Å²) in [6.45, 7) is 4.61. The number of rotatable bonds is 11. The molecule has 156 valence electrons. The average Bonchev–Trinajstić information content (AvgIpc) is 2.71. The third-order valence-electron chi connectivity index (χ3n) is 4.76. The zero-order valence-electron chi connectivity index (χ0n) is 17.4. The molecule has 0 unspecified atom stereocenters. The molecule has 2 rings (SSSR count). The van der Waals surface area contributed by atoms with Crippen LogP contribution in [0.2, 0.25) is 0 Å². The smallest absolute Gasteiger partial charge is 0.242 e. The van der Waals surface area contributed by atoms with Gasteiger partial charge >= 0.3 is 0 Å². The van der Waals surface area contributed by atoms with Crippen LogP contribution >= 0.6 is 0 Å². The maximum absolute atomic E-state index is 12.8. The van der Waals surface area contributed by atoms with E-state index >= 15 is 0 Å². The lowest BCUT2D eigenvalue weighted by molar-refractivity contribution is -0.129. The number of carbonyl (C=O) groups excluding carboxylic acids is 2. The lowest BCUT2D eigenvalue weighted by atomic mass is 10.0. The van der Waals surface area contributed by atoms with E-state index < -0.39 is 12.1 Å². The van der Waals surface area contributed by atoms with Crippen molar-refractivity contribution in [2.75, 3.05) is 6.54 Å². The Morgan fingerprint density at radius 1 is 0.897 bits per heavy atom. The molecule has 4 N–H and O–H groups in total. The second kappa shape index (κ2) is 12.0. The molecule has 2 aromatic carbocycles. The van der Waals surface area contributed by atoms with Gasteiger partial charge in [0.05, 0.1) is 6.04 Å². The fourth-order valence-electron chi connectivity index (χ4n) is 3.22. The van der Waals surface area contributed by atoms with Crippen molar-refractivity contribution in [2.24, 2.45) is 11.7 Å². The van der Waals surface area contributed by atoms with Gasteiger partial charge in [0, 0.05) is 13.0 Å². The van der Waals surface area contributed by atoms with Gasteiger partial charge < -0.3 is 16.4 Å².